The SMILES string of the molecule is CC(C)(C)S(=O)(=O)CCOc1ccc2c(c1)C(N)CCC2. The Morgan fingerprint density at radius 1 is 1.33 bits per heavy atom. The largest absolute Gasteiger partial charge is 0.493 e. The molecule has 1 aliphatic carbocycles. The first kappa shape index (κ1) is 16.3. The van der Waals surface area contributed by atoms with Crippen LogP contribution in [0, 0.1) is 0 Å². The number of benzene rings is 1. The minimum absolute atomic E-state index is 0.0274. The number of aryl methyl sites for hydroxylation is 1. The van der Waals surface area contributed by atoms with Crippen LogP contribution < -0.4 is 10.5 Å². The molecule has 1 aromatic rings. The maximum absolute atomic E-state index is 12.0. The van der Waals surface area contributed by atoms with Crippen LogP contribution in [0.5, 0.6) is 5.75 Å². The zero-order valence-electron chi connectivity index (χ0n) is 13.1. The molecule has 0 amide bonds. The normalized spacial score (nSPS) is 19.1. The lowest BCUT2D eigenvalue weighted by molar-refractivity contribution is 0.338. The second-order valence-corrected chi connectivity index (χ2v) is 9.50. The van der Waals surface area contributed by atoms with Gasteiger partial charge in [0.15, 0.2) is 9.84 Å². The van der Waals surface area contributed by atoms with Crippen molar-refractivity contribution in [2.45, 2.75) is 50.8 Å². The summed E-state index contributed by atoms with van der Waals surface area (Å²) in [4.78, 5) is 0. The van der Waals surface area contributed by atoms with Crippen molar-refractivity contribution in [1.29, 1.82) is 0 Å². The molecule has 1 unspecified atom stereocenters. The van der Waals surface area contributed by atoms with E-state index in [1.54, 1.807) is 20.8 Å². The molecule has 0 saturated carbocycles. The number of rotatable bonds is 4. The molecule has 0 aliphatic heterocycles. The summed E-state index contributed by atoms with van der Waals surface area (Å²) in [7, 11) is -3.15. The van der Waals surface area contributed by atoms with Gasteiger partial charge in [-0.25, -0.2) is 8.42 Å². The second-order valence-electron chi connectivity index (χ2n) is 6.64. The van der Waals surface area contributed by atoms with E-state index in [0.717, 1.165) is 24.8 Å². The molecule has 0 spiro atoms. The van der Waals surface area contributed by atoms with Crippen LogP contribution in [0.4, 0.5) is 0 Å². The molecule has 4 nitrogen and oxygen atoms in total. The summed E-state index contributed by atoms with van der Waals surface area (Å²) in [6, 6.07) is 5.97. The fraction of sp³-hybridized carbons (Fsp3) is 0.625. The first-order valence-corrected chi connectivity index (χ1v) is 9.09. The van der Waals surface area contributed by atoms with Crippen molar-refractivity contribution >= 4 is 9.84 Å². The highest BCUT2D eigenvalue weighted by molar-refractivity contribution is 7.92. The van der Waals surface area contributed by atoms with E-state index in [1.807, 2.05) is 18.2 Å². The van der Waals surface area contributed by atoms with Crippen LogP contribution in [0.2, 0.25) is 0 Å². The van der Waals surface area contributed by atoms with Gasteiger partial charge in [0.05, 0.1) is 10.5 Å². The van der Waals surface area contributed by atoms with Crippen LogP contribution in [-0.2, 0) is 16.3 Å². The molecule has 0 radical (unpaired) electrons. The molecule has 118 valence electrons. The third-order valence-corrected chi connectivity index (χ3v) is 6.60. The van der Waals surface area contributed by atoms with Crippen LogP contribution in [-0.4, -0.2) is 25.5 Å². The van der Waals surface area contributed by atoms with Crippen molar-refractivity contribution < 1.29 is 13.2 Å². The van der Waals surface area contributed by atoms with E-state index in [-0.39, 0.29) is 18.4 Å². The third-order valence-electron chi connectivity index (χ3n) is 4.03. The Morgan fingerprint density at radius 3 is 2.71 bits per heavy atom. The lowest BCUT2D eigenvalue weighted by Gasteiger charge is -2.23. The van der Waals surface area contributed by atoms with Crippen molar-refractivity contribution in [3.8, 4) is 5.75 Å². The summed E-state index contributed by atoms with van der Waals surface area (Å²) < 4.78 is 28.9. The van der Waals surface area contributed by atoms with Gasteiger partial charge < -0.3 is 10.5 Å². The number of nitrogens with two attached hydrogens (primary N) is 1. The van der Waals surface area contributed by atoms with Gasteiger partial charge in [-0.05, 0) is 63.3 Å². The molecule has 0 heterocycles. The van der Waals surface area contributed by atoms with Gasteiger partial charge in [-0.3, -0.25) is 0 Å². The van der Waals surface area contributed by atoms with Crippen molar-refractivity contribution in [3.05, 3.63) is 29.3 Å². The Kier molecular flexibility index (Phi) is 4.63. The monoisotopic (exact) mass is 311 g/mol. The van der Waals surface area contributed by atoms with Crippen LogP contribution in [0.15, 0.2) is 18.2 Å². The molecule has 0 bridgehead atoms. The summed E-state index contributed by atoms with van der Waals surface area (Å²) >= 11 is 0. The Hall–Kier alpha value is -1.07. The number of sulfone groups is 1. The van der Waals surface area contributed by atoms with Gasteiger partial charge in [0.1, 0.15) is 12.4 Å². The number of hydrogen-bond acceptors (Lipinski definition) is 4. The topological polar surface area (TPSA) is 69.4 Å². The van der Waals surface area contributed by atoms with Crippen molar-refractivity contribution in [2.75, 3.05) is 12.4 Å². The van der Waals surface area contributed by atoms with E-state index in [9.17, 15) is 8.42 Å². The molecule has 1 atom stereocenters. The molecular weight excluding hydrogens is 286 g/mol. The lowest BCUT2D eigenvalue weighted by atomic mass is 9.88. The molecule has 1 aliphatic rings. The fourth-order valence-corrected chi connectivity index (χ4v) is 3.39. The van der Waals surface area contributed by atoms with Gasteiger partial charge in [-0.2, -0.15) is 0 Å². The van der Waals surface area contributed by atoms with E-state index in [1.165, 1.54) is 5.56 Å². The molecule has 2 N–H and O–H groups in total. The van der Waals surface area contributed by atoms with Crippen LogP contribution in [0.1, 0.15) is 50.8 Å². The highest BCUT2D eigenvalue weighted by Gasteiger charge is 2.28. The minimum Gasteiger partial charge on any atom is -0.493 e. The predicted octanol–water partition coefficient (Wildman–Crippen LogP) is 2.61. The van der Waals surface area contributed by atoms with Crippen LogP contribution in [0.3, 0.4) is 0 Å². The quantitative estimate of drug-likeness (QED) is 0.928. The number of ether oxygens (including phenoxy) is 1. The smallest absolute Gasteiger partial charge is 0.158 e. The van der Waals surface area contributed by atoms with Crippen molar-refractivity contribution in [3.63, 3.8) is 0 Å². The molecule has 21 heavy (non-hydrogen) atoms. The van der Waals surface area contributed by atoms with E-state index >= 15 is 0 Å². The highest BCUT2D eigenvalue weighted by atomic mass is 32.2. The molecular formula is C16H25NO3S. The third kappa shape index (κ3) is 3.77. The Balaban J connectivity index is 2.00. The highest BCUT2D eigenvalue weighted by Crippen LogP contribution is 2.30. The molecule has 2 rings (SSSR count). The van der Waals surface area contributed by atoms with Gasteiger partial charge in [-0.1, -0.05) is 6.07 Å². The summed E-state index contributed by atoms with van der Waals surface area (Å²) in [5, 5.41) is 0. The van der Waals surface area contributed by atoms with E-state index in [2.05, 4.69) is 0 Å². The zero-order valence-corrected chi connectivity index (χ0v) is 13.9. The molecule has 0 aromatic heterocycles. The number of hydrogen-bond donors (Lipinski definition) is 1. The molecule has 0 saturated heterocycles. The maximum Gasteiger partial charge on any atom is 0.158 e. The van der Waals surface area contributed by atoms with Gasteiger partial charge in [0.25, 0.3) is 0 Å². The Bertz CT molecular complexity index is 602. The average molecular weight is 311 g/mol. The standard InChI is InChI=1S/C16H25NO3S/c1-16(2,3)21(18,19)10-9-20-13-8-7-12-5-4-6-15(17)14(12)11-13/h7-8,11,15H,4-6,9-10,17H2,1-3H3. The Labute approximate surface area is 127 Å². The Morgan fingerprint density at radius 2 is 2.05 bits per heavy atom. The summed E-state index contributed by atoms with van der Waals surface area (Å²) in [6.07, 6.45) is 3.18. The zero-order chi connectivity index (χ0) is 15.7. The first-order valence-electron chi connectivity index (χ1n) is 7.44. The van der Waals surface area contributed by atoms with Gasteiger partial charge >= 0.3 is 0 Å². The van der Waals surface area contributed by atoms with E-state index in [4.69, 9.17) is 10.5 Å². The van der Waals surface area contributed by atoms with Gasteiger partial charge in [0.2, 0.25) is 0 Å². The number of fused-ring (bicyclic) bond motifs is 1. The van der Waals surface area contributed by atoms with Gasteiger partial charge in [0, 0.05) is 6.04 Å². The lowest BCUT2D eigenvalue weighted by Crippen LogP contribution is -2.32. The fourth-order valence-electron chi connectivity index (χ4n) is 2.48. The summed E-state index contributed by atoms with van der Waals surface area (Å²) in [6.45, 7) is 5.30. The molecule has 0 fully saturated rings. The van der Waals surface area contributed by atoms with Crippen LogP contribution in [0.25, 0.3) is 0 Å². The molecule has 1 aromatic carbocycles. The summed E-state index contributed by atoms with van der Waals surface area (Å²) in [5.41, 5.74) is 8.54. The molecule has 5 heteroatoms. The van der Waals surface area contributed by atoms with Gasteiger partial charge in [-0.15, -0.1) is 0 Å². The predicted molar refractivity (Wildman–Crippen MR) is 85.3 cm³/mol. The van der Waals surface area contributed by atoms with E-state index in [0.29, 0.717) is 5.75 Å². The van der Waals surface area contributed by atoms with Crippen molar-refractivity contribution in [2.24, 2.45) is 5.73 Å². The average Bonchev–Trinajstić information content (AvgIpc) is 2.38. The minimum atomic E-state index is -3.15. The van der Waals surface area contributed by atoms with Crippen molar-refractivity contribution in [1.82, 2.24) is 0 Å². The maximum atomic E-state index is 12.0. The van der Waals surface area contributed by atoms with E-state index < -0.39 is 14.6 Å². The van der Waals surface area contributed by atoms with Crippen LogP contribution >= 0.6 is 0 Å². The second kappa shape index (κ2) is 5.97. The summed E-state index contributed by atoms with van der Waals surface area (Å²) in [5.74, 6) is 0.731. The first-order chi connectivity index (χ1) is 9.71.